The summed E-state index contributed by atoms with van der Waals surface area (Å²) in [4.78, 5) is 21.1. The molecule has 1 amide bonds. The Balaban J connectivity index is 1.82. The number of nitrogens with one attached hydrogen (secondary N) is 2. The Hall–Kier alpha value is -3.41. The van der Waals surface area contributed by atoms with Crippen LogP contribution in [0.5, 0.6) is 5.75 Å². The van der Waals surface area contributed by atoms with Gasteiger partial charge >= 0.3 is 0 Å². The van der Waals surface area contributed by atoms with Crippen molar-refractivity contribution in [2.24, 2.45) is 0 Å². The van der Waals surface area contributed by atoms with Gasteiger partial charge in [0.25, 0.3) is 5.91 Å². The van der Waals surface area contributed by atoms with Crippen LogP contribution in [0, 0.1) is 13.8 Å². The molecule has 0 atom stereocenters. The van der Waals surface area contributed by atoms with Gasteiger partial charge in [0, 0.05) is 11.8 Å². The average molecular weight is 348 g/mol. The Bertz CT molecular complexity index is 923. The summed E-state index contributed by atoms with van der Waals surface area (Å²) in [5.74, 6) is 1.42. The van der Waals surface area contributed by atoms with Gasteiger partial charge in [-0.05, 0) is 38.1 Å². The molecule has 0 spiro atoms. The van der Waals surface area contributed by atoms with E-state index < -0.39 is 0 Å². The van der Waals surface area contributed by atoms with Crippen LogP contribution in [0.3, 0.4) is 0 Å². The van der Waals surface area contributed by atoms with Crippen LogP contribution in [-0.4, -0.2) is 23.0 Å². The molecule has 6 nitrogen and oxygen atoms in total. The third-order valence-electron chi connectivity index (χ3n) is 3.75. The molecule has 6 heteroatoms. The second-order valence-electron chi connectivity index (χ2n) is 5.83. The molecule has 0 aliphatic carbocycles. The summed E-state index contributed by atoms with van der Waals surface area (Å²) in [6.07, 6.45) is 0. The number of methoxy groups -OCH3 is 1. The van der Waals surface area contributed by atoms with Gasteiger partial charge < -0.3 is 15.4 Å². The molecule has 0 fully saturated rings. The first-order valence-electron chi connectivity index (χ1n) is 8.19. The van der Waals surface area contributed by atoms with Gasteiger partial charge in [0.05, 0.1) is 12.8 Å². The summed E-state index contributed by atoms with van der Waals surface area (Å²) in [6, 6.07) is 16.7. The highest BCUT2D eigenvalue weighted by atomic mass is 16.5. The van der Waals surface area contributed by atoms with Crippen LogP contribution in [0.25, 0.3) is 0 Å². The summed E-state index contributed by atoms with van der Waals surface area (Å²) in [7, 11) is 1.60. The van der Waals surface area contributed by atoms with Crippen molar-refractivity contribution < 1.29 is 9.53 Å². The van der Waals surface area contributed by atoms with Crippen LogP contribution < -0.4 is 15.4 Å². The number of hydrogen-bond donors (Lipinski definition) is 2. The van der Waals surface area contributed by atoms with Gasteiger partial charge in [0.1, 0.15) is 23.1 Å². The lowest BCUT2D eigenvalue weighted by atomic mass is 10.2. The van der Waals surface area contributed by atoms with Gasteiger partial charge in [-0.25, -0.2) is 9.97 Å². The van der Waals surface area contributed by atoms with Crippen LogP contribution in [0.2, 0.25) is 0 Å². The minimum absolute atomic E-state index is 0.287. The fraction of sp³-hybridized carbons (Fsp3) is 0.150. The number of aryl methyl sites for hydroxylation is 2. The van der Waals surface area contributed by atoms with E-state index in [1.807, 2.05) is 55.5 Å². The maximum absolute atomic E-state index is 12.5. The topological polar surface area (TPSA) is 76.1 Å². The lowest BCUT2D eigenvalue weighted by Gasteiger charge is -2.12. The SMILES string of the molecule is COc1ccccc1Nc1cc(C(=O)Nc2ccc(C)cc2)nc(C)n1. The van der Waals surface area contributed by atoms with Gasteiger partial charge in [-0.3, -0.25) is 4.79 Å². The molecule has 0 unspecified atom stereocenters. The average Bonchev–Trinajstić information content (AvgIpc) is 2.63. The number of rotatable bonds is 5. The first kappa shape index (κ1) is 17.4. The Morgan fingerprint density at radius 3 is 2.46 bits per heavy atom. The molecular weight excluding hydrogens is 328 g/mol. The summed E-state index contributed by atoms with van der Waals surface area (Å²) < 4.78 is 5.33. The van der Waals surface area contributed by atoms with Crippen molar-refractivity contribution in [1.29, 1.82) is 0 Å². The molecule has 0 saturated heterocycles. The molecule has 26 heavy (non-hydrogen) atoms. The maximum atomic E-state index is 12.5. The number of nitrogens with zero attached hydrogens (tertiary/aromatic N) is 2. The number of hydrogen-bond acceptors (Lipinski definition) is 5. The van der Waals surface area contributed by atoms with Gasteiger partial charge in [-0.2, -0.15) is 0 Å². The van der Waals surface area contributed by atoms with Crippen molar-refractivity contribution in [3.8, 4) is 5.75 Å². The predicted molar refractivity (Wildman–Crippen MR) is 102 cm³/mol. The van der Waals surface area contributed by atoms with E-state index in [-0.39, 0.29) is 11.6 Å². The number of benzene rings is 2. The lowest BCUT2D eigenvalue weighted by molar-refractivity contribution is 0.102. The van der Waals surface area contributed by atoms with Crippen molar-refractivity contribution in [3.63, 3.8) is 0 Å². The second-order valence-corrected chi connectivity index (χ2v) is 5.83. The Labute approximate surface area is 152 Å². The number of amides is 1. The molecule has 132 valence electrons. The first-order valence-corrected chi connectivity index (χ1v) is 8.19. The van der Waals surface area contributed by atoms with Crippen LogP contribution >= 0.6 is 0 Å². The van der Waals surface area contributed by atoms with E-state index >= 15 is 0 Å². The molecule has 0 aliphatic heterocycles. The fourth-order valence-corrected chi connectivity index (χ4v) is 2.47. The van der Waals surface area contributed by atoms with Crippen molar-refractivity contribution in [2.75, 3.05) is 17.7 Å². The van der Waals surface area contributed by atoms with Crippen molar-refractivity contribution >= 4 is 23.1 Å². The molecule has 3 aromatic rings. The van der Waals surface area contributed by atoms with Crippen molar-refractivity contribution in [3.05, 3.63) is 71.7 Å². The van der Waals surface area contributed by atoms with E-state index in [4.69, 9.17) is 4.74 Å². The van der Waals surface area contributed by atoms with Crippen molar-refractivity contribution in [2.45, 2.75) is 13.8 Å². The van der Waals surface area contributed by atoms with Gasteiger partial charge in [0.15, 0.2) is 0 Å². The summed E-state index contributed by atoms with van der Waals surface area (Å²) in [6.45, 7) is 3.74. The fourth-order valence-electron chi connectivity index (χ4n) is 2.47. The third-order valence-corrected chi connectivity index (χ3v) is 3.75. The Morgan fingerprint density at radius 1 is 1.00 bits per heavy atom. The normalized spacial score (nSPS) is 10.3. The molecule has 0 saturated carbocycles. The van der Waals surface area contributed by atoms with Crippen LogP contribution in [0.15, 0.2) is 54.6 Å². The molecular formula is C20H20N4O2. The van der Waals surface area contributed by atoms with Crippen LogP contribution in [-0.2, 0) is 0 Å². The number of para-hydroxylation sites is 2. The van der Waals surface area contributed by atoms with Crippen molar-refractivity contribution in [1.82, 2.24) is 9.97 Å². The van der Waals surface area contributed by atoms with E-state index in [0.717, 1.165) is 16.9 Å². The van der Waals surface area contributed by atoms with Gasteiger partial charge in [0.2, 0.25) is 0 Å². The monoisotopic (exact) mass is 348 g/mol. The summed E-state index contributed by atoms with van der Waals surface area (Å²) in [5, 5.41) is 6.02. The highest BCUT2D eigenvalue weighted by molar-refractivity contribution is 6.03. The van der Waals surface area contributed by atoms with E-state index in [1.54, 1.807) is 20.1 Å². The quantitative estimate of drug-likeness (QED) is 0.726. The number of carbonyl (C=O) groups excluding carboxylic acids is 1. The zero-order valence-electron chi connectivity index (χ0n) is 14.9. The molecule has 1 heterocycles. The summed E-state index contributed by atoms with van der Waals surface area (Å²) >= 11 is 0. The third kappa shape index (κ3) is 4.16. The van der Waals surface area contributed by atoms with E-state index in [9.17, 15) is 4.79 Å². The first-order chi connectivity index (χ1) is 12.5. The standard InChI is InChI=1S/C20H20N4O2/c1-13-8-10-15(11-9-13)23-20(25)17-12-19(22-14(2)21-17)24-16-6-4-5-7-18(16)26-3/h4-12H,1-3H3,(H,23,25)(H,21,22,24). The lowest BCUT2D eigenvalue weighted by Crippen LogP contribution is -2.15. The number of ether oxygens (including phenoxy) is 1. The zero-order chi connectivity index (χ0) is 18.5. The molecule has 2 N–H and O–H groups in total. The molecule has 3 rings (SSSR count). The van der Waals surface area contributed by atoms with Crippen LogP contribution in [0.1, 0.15) is 21.9 Å². The largest absolute Gasteiger partial charge is 0.495 e. The van der Waals surface area contributed by atoms with Gasteiger partial charge in [-0.1, -0.05) is 29.8 Å². The molecule has 0 radical (unpaired) electrons. The van der Waals surface area contributed by atoms with Crippen LogP contribution in [0.4, 0.5) is 17.2 Å². The second kappa shape index (κ2) is 7.65. The number of aromatic nitrogens is 2. The predicted octanol–water partition coefficient (Wildman–Crippen LogP) is 4.10. The molecule has 1 aromatic heterocycles. The van der Waals surface area contributed by atoms with E-state index in [0.29, 0.717) is 17.4 Å². The van der Waals surface area contributed by atoms with E-state index in [1.165, 1.54) is 0 Å². The van der Waals surface area contributed by atoms with E-state index in [2.05, 4.69) is 20.6 Å². The number of carbonyl (C=O) groups is 1. The maximum Gasteiger partial charge on any atom is 0.274 e. The molecule has 0 bridgehead atoms. The molecule has 0 aliphatic rings. The highest BCUT2D eigenvalue weighted by Crippen LogP contribution is 2.26. The Kier molecular flexibility index (Phi) is 5.12. The zero-order valence-corrected chi connectivity index (χ0v) is 14.9. The smallest absolute Gasteiger partial charge is 0.274 e. The minimum atomic E-state index is -0.289. The van der Waals surface area contributed by atoms with Gasteiger partial charge in [-0.15, -0.1) is 0 Å². The highest BCUT2D eigenvalue weighted by Gasteiger charge is 2.12. The minimum Gasteiger partial charge on any atom is -0.495 e. The number of anilines is 3. The Morgan fingerprint density at radius 2 is 1.73 bits per heavy atom. The summed E-state index contributed by atoms with van der Waals surface area (Å²) in [5.41, 5.74) is 2.90. The molecule has 2 aromatic carbocycles.